The van der Waals surface area contributed by atoms with Gasteiger partial charge in [0.1, 0.15) is 0 Å². The van der Waals surface area contributed by atoms with Gasteiger partial charge in [-0.2, -0.15) is 0 Å². The van der Waals surface area contributed by atoms with Crippen LogP contribution in [0.3, 0.4) is 0 Å². The minimum Gasteiger partial charge on any atom is -0.369 e. The van der Waals surface area contributed by atoms with Crippen molar-refractivity contribution in [3.63, 3.8) is 0 Å². The highest BCUT2D eigenvalue weighted by Gasteiger charge is 2.09. The largest absolute Gasteiger partial charge is 0.369 e. The Hall–Kier alpha value is -0.380. The Labute approximate surface area is 102 Å². The van der Waals surface area contributed by atoms with Crippen molar-refractivity contribution >= 4 is 29.9 Å². The molecule has 0 saturated carbocycles. The Bertz CT molecular complexity index is 283. The molecule has 15 heavy (non-hydrogen) atoms. The fourth-order valence-corrected chi connectivity index (χ4v) is 2.12. The van der Waals surface area contributed by atoms with Gasteiger partial charge in [0.15, 0.2) is 0 Å². The van der Waals surface area contributed by atoms with Crippen molar-refractivity contribution in [3.05, 3.63) is 24.3 Å². The zero-order valence-electron chi connectivity index (χ0n) is 8.90. The number of nitrogens with zero attached hydrogens (tertiary/aromatic N) is 1. The summed E-state index contributed by atoms with van der Waals surface area (Å²) in [6.07, 6.45) is 2.11. The number of hydrogen-bond acceptors (Lipinski definition) is 3. The van der Waals surface area contributed by atoms with Crippen molar-refractivity contribution in [1.29, 1.82) is 0 Å². The van der Waals surface area contributed by atoms with Crippen LogP contribution in [0.2, 0.25) is 0 Å². The van der Waals surface area contributed by atoms with Gasteiger partial charge in [-0.1, -0.05) is 0 Å². The molecule has 0 bridgehead atoms. The second kappa shape index (κ2) is 6.26. The van der Waals surface area contributed by atoms with Gasteiger partial charge in [0, 0.05) is 36.8 Å². The summed E-state index contributed by atoms with van der Waals surface area (Å²) < 4.78 is 0. The Morgan fingerprint density at radius 3 is 2.27 bits per heavy atom. The molecular formula is C11H17ClN2S. The lowest BCUT2D eigenvalue weighted by atomic mass is 10.2. The minimum absolute atomic E-state index is 0. The monoisotopic (exact) mass is 244 g/mol. The zero-order chi connectivity index (χ0) is 9.80. The van der Waals surface area contributed by atoms with E-state index in [4.69, 9.17) is 0 Å². The van der Waals surface area contributed by atoms with Gasteiger partial charge in [-0.3, -0.25) is 0 Å². The topological polar surface area (TPSA) is 15.3 Å². The van der Waals surface area contributed by atoms with Crippen molar-refractivity contribution in [2.75, 3.05) is 37.3 Å². The van der Waals surface area contributed by atoms with Crippen LogP contribution in [0, 0.1) is 0 Å². The number of anilines is 1. The molecule has 1 aliphatic heterocycles. The highest BCUT2D eigenvalue weighted by molar-refractivity contribution is 7.98. The Morgan fingerprint density at radius 1 is 1.13 bits per heavy atom. The fraction of sp³-hybridized carbons (Fsp3) is 0.455. The first kappa shape index (κ1) is 12.7. The van der Waals surface area contributed by atoms with E-state index in [1.54, 1.807) is 11.8 Å². The summed E-state index contributed by atoms with van der Waals surface area (Å²) in [4.78, 5) is 3.77. The van der Waals surface area contributed by atoms with E-state index in [9.17, 15) is 0 Å². The van der Waals surface area contributed by atoms with Gasteiger partial charge in [-0.15, -0.1) is 24.2 Å². The third kappa shape index (κ3) is 3.30. The van der Waals surface area contributed by atoms with Crippen LogP contribution in [0.5, 0.6) is 0 Å². The summed E-state index contributed by atoms with van der Waals surface area (Å²) >= 11 is 1.79. The number of hydrogen-bond donors (Lipinski definition) is 1. The Kier molecular flexibility index (Phi) is 5.29. The van der Waals surface area contributed by atoms with Crippen LogP contribution in [0.4, 0.5) is 5.69 Å². The lowest BCUT2D eigenvalue weighted by molar-refractivity contribution is 0.589. The first-order valence-electron chi connectivity index (χ1n) is 5.00. The molecule has 0 radical (unpaired) electrons. The van der Waals surface area contributed by atoms with Gasteiger partial charge in [0.25, 0.3) is 0 Å². The maximum Gasteiger partial charge on any atom is 0.0367 e. The van der Waals surface area contributed by atoms with Crippen molar-refractivity contribution in [2.24, 2.45) is 0 Å². The molecule has 4 heteroatoms. The summed E-state index contributed by atoms with van der Waals surface area (Å²) in [6.45, 7) is 4.45. The van der Waals surface area contributed by atoms with Crippen molar-refractivity contribution in [2.45, 2.75) is 4.90 Å². The second-order valence-electron chi connectivity index (χ2n) is 3.44. The summed E-state index contributed by atoms with van der Waals surface area (Å²) in [5.41, 5.74) is 1.35. The molecule has 1 heterocycles. The van der Waals surface area contributed by atoms with Crippen LogP contribution in [-0.4, -0.2) is 32.4 Å². The van der Waals surface area contributed by atoms with Crippen LogP contribution in [0.1, 0.15) is 0 Å². The highest BCUT2D eigenvalue weighted by Crippen LogP contribution is 2.20. The SMILES string of the molecule is CSc1ccc(N2CCNCC2)cc1.Cl. The molecule has 1 aliphatic rings. The first-order chi connectivity index (χ1) is 6.90. The number of nitrogens with one attached hydrogen (secondary N) is 1. The van der Waals surface area contributed by atoms with Crippen molar-refractivity contribution in [1.82, 2.24) is 5.32 Å². The molecule has 0 amide bonds. The average molecular weight is 245 g/mol. The van der Waals surface area contributed by atoms with E-state index in [2.05, 4.69) is 40.7 Å². The van der Waals surface area contributed by atoms with E-state index in [0.717, 1.165) is 26.2 Å². The Balaban J connectivity index is 0.00000112. The maximum absolute atomic E-state index is 3.36. The van der Waals surface area contributed by atoms with Crippen molar-refractivity contribution in [3.8, 4) is 0 Å². The molecule has 1 N–H and O–H groups in total. The van der Waals surface area contributed by atoms with E-state index >= 15 is 0 Å². The third-order valence-corrected chi connectivity index (χ3v) is 3.30. The van der Waals surface area contributed by atoms with E-state index < -0.39 is 0 Å². The molecule has 0 spiro atoms. The molecule has 0 unspecified atom stereocenters. The quantitative estimate of drug-likeness (QED) is 0.804. The number of thioether (sulfide) groups is 1. The van der Waals surface area contributed by atoms with E-state index in [0.29, 0.717) is 0 Å². The van der Waals surface area contributed by atoms with Crippen molar-refractivity contribution < 1.29 is 0 Å². The molecule has 2 rings (SSSR count). The molecule has 0 aliphatic carbocycles. The predicted octanol–water partition coefficient (Wildman–Crippen LogP) is 2.24. The fourth-order valence-electron chi connectivity index (χ4n) is 1.72. The summed E-state index contributed by atoms with van der Waals surface area (Å²) in [6, 6.07) is 8.83. The normalized spacial score (nSPS) is 15.9. The number of benzene rings is 1. The summed E-state index contributed by atoms with van der Waals surface area (Å²) in [7, 11) is 0. The second-order valence-corrected chi connectivity index (χ2v) is 4.31. The molecule has 2 nitrogen and oxygen atoms in total. The lowest BCUT2D eigenvalue weighted by Crippen LogP contribution is -2.43. The molecule has 0 aromatic heterocycles. The Morgan fingerprint density at radius 2 is 1.73 bits per heavy atom. The molecule has 1 fully saturated rings. The van der Waals surface area contributed by atoms with E-state index in [1.165, 1.54) is 10.6 Å². The third-order valence-electron chi connectivity index (χ3n) is 2.55. The van der Waals surface area contributed by atoms with Gasteiger partial charge in [-0.05, 0) is 30.5 Å². The lowest BCUT2D eigenvalue weighted by Gasteiger charge is -2.29. The number of rotatable bonds is 2. The number of halogens is 1. The van der Waals surface area contributed by atoms with Gasteiger partial charge >= 0.3 is 0 Å². The summed E-state index contributed by atoms with van der Waals surface area (Å²) in [5, 5.41) is 3.36. The molecule has 1 saturated heterocycles. The van der Waals surface area contributed by atoms with Crippen LogP contribution >= 0.6 is 24.2 Å². The molecular weight excluding hydrogens is 228 g/mol. The van der Waals surface area contributed by atoms with Crippen LogP contribution in [-0.2, 0) is 0 Å². The molecule has 1 aromatic carbocycles. The average Bonchev–Trinajstić information content (AvgIpc) is 2.30. The van der Waals surface area contributed by atoms with Gasteiger partial charge in [0.2, 0.25) is 0 Å². The van der Waals surface area contributed by atoms with Crippen LogP contribution < -0.4 is 10.2 Å². The minimum atomic E-state index is 0. The van der Waals surface area contributed by atoms with Crippen LogP contribution in [0.25, 0.3) is 0 Å². The first-order valence-corrected chi connectivity index (χ1v) is 6.22. The van der Waals surface area contributed by atoms with E-state index in [1.807, 2.05) is 0 Å². The standard InChI is InChI=1S/C11H16N2S.ClH/c1-14-11-4-2-10(3-5-11)13-8-6-12-7-9-13;/h2-5,12H,6-9H2,1H3;1H. The van der Waals surface area contributed by atoms with Crippen LogP contribution in [0.15, 0.2) is 29.2 Å². The van der Waals surface area contributed by atoms with Gasteiger partial charge in [-0.25, -0.2) is 0 Å². The summed E-state index contributed by atoms with van der Waals surface area (Å²) in [5.74, 6) is 0. The van der Waals surface area contributed by atoms with Gasteiger partial charge in [0.05, 0.1) is 0 Å². The highest BCUT2D eigenvalue weighted by atomic mass is 35.5. The molecule has 84 valence electrons. The molecule has 0 atom stereocenters. The smallest absolute Gasteiger partial charge is 0.0367 e. The van der Waals surface area contributed by atoms with Gasteiger partial charge < -0.3 is 10.2 Å². The zero-order valence-corrected chi connectivity index (χ0v) is 10.5. The molecule has 1 aromatic rings. The predicted molar refractivity (Wildman–Crippen MR) is 70.6 cm³/mol. The van der Waals surface area contributed by atoms with E-state index in [-0.39, 0.29) is 12.4 Å². The maximum atomic E-state index is 3.36. The number of piperazine rings is 1.